The maximum atomic E-state index is 12.0. The van der Waals surface area contributed by atoms with Crippen LogP contribution in [-0.4, -0.2) is 37.7 Å². The van der Waals surface area contributed by atoms with Gasteiger partial charge in [0.25, 0.3) is 0 Å². The largest absolute Gasteiger partial charge is 0.335 e. The van der Waals surface area contributed by atoms with Gasteiger partial charge in [0.05, 0.1) is 17.2 Å². The molecule has 0 radical (unpaired) electrons. The first-order chi connectivity index (χ1) is 12.4. The highest BCUT2D eigenvalue weighted by Crippen LogP contribution is 2.32. The van der Waals surface area contributed by atoms with Gasteiger partial charge in [-0.3, -0.25) is 0 Å². The lowest BCUT2D eigenvalue weighted by Crippen LogP contribution is -2.41. The molecule has 2 amide bonds. The number of hydrogen-bond donors (Lipinski definition) is 2. The Labute approximate surface area is 152 Å². The van der Waals surface area contributed by atoms with Crippen LogP contribution in [0.3, 0.4) is 0 Å². The Hall–Kier alpha value is -2.41. The van der Waals surface area contributed by atoms with E-state index in [0.29, 0.717) is 6.42 Å². The van der Waals surface area contributed by atoms with Gasteiger partial charge in [-0.15, -0.1) is 0 Å². The van der Waals surface area contributed by atoms with Crippen molar-refractivity contribution in [3.05, 3.63) is 47.0 Å². The van der Waals surface area contributed by atoms with Crippen molar-refractivity contribution in [2.45, 2.75) is 32.2 Å². The van der Waals surface area contributed by atoms with Crippen molar-refractivity contribution >= 4 is 32.4 Å². The molecule has 0 aromatic heterocycles. The van der Waals surface area contributed by atoms with Crippen LogP contribution in [0, 0.1) is 0 Å². The average Bonchev–Trinajstić information content (AvgIpc) is 3.17. The van der Waals surface area contributed by atoms with Crippen molar-refractivity contribution in [1.82, 2.24) is 10.7 Å². The predicted molar refractivity (Wildman–Crippen MR) is 102 cm³/mol. The molecular formula is C19H21N3O3S. The normalized spacial score (nSPS) is 21.1. The first-order valence-electron chi connectivity index (χ1n) is 8.78. The smallest absolute Gasteiger partial charge is 0.333 e. The van der Waals surface area contributed by atoms with Gasteiger partial charge in [0.1, 0.15) is 0 Å². The maximum absolute atomic E-state index is 12.0. The molecule has 1 heterocycles. The summed E-state index contributed by atoms with van der Waals surface area (Å²) < 4.78 is 22.9. The van der Waals surface area contributed by atoms with Crippen LogP contribution in [0.2, 0.25) is 0 Å². The second-order valence-electron chi connectivity index (χ2n) is 6.99. The average molecular weight is 371 g/mol. The highest BCUT2D eigenvalue weighted by Gasteiger charge is 2.28. The van der Waals surface area contributed by atoms with Crippen LogP contribution >= 0.6 is 0 Å². The molecule has 136 valence electrons. The summed E-state index contributed by atoms with van der Waals surface area (Å²) >= 11 is 0. The van der Waals surface area contributed by atoms with Gasteiger partial charge in [-0.1, -0.05) is 30.3 Å². The first kappa shape index (κ1) is 17.0. The second-order valence-corrected chi connectivity index (χ2v) is 9.22. The zero-order chi connectivity index (χ0) is 18.3. The fourth-order valence-electron chi connectivity index (χ4n) is 3.88. The number of hydrazone groups is 1. The summed E-state index contributed by atoms with van der Waals surface area (Å²) in [5, 5.41) is 9.34. The number of aryl methyl sites for hydroxylation is 2. The number of hydrogen-bond acceptors (Lipinski definition) is 4. The SMILES string of the molecule is CC(=NNC(=O)NC1CCS(=O)(=O)C1)c1ccc2c3c(cccc13)CC2. The monoisotopic (exact) mass is 371 g/mol. The van der Waals surface area contributed by atoms with E-state index in [2.05, 4.69) is 46.2 Å². The summed E-state index contributed by atoms with van der Waals surface area (Å²) in [6, 6.07) is 9.68. The lowest BCUT2D eigenvalue weighted by Gasteiger charge is -2.11. The molecule has 26 heavy (non-hydrogen) atoms. The number of urea groups is 1. The fraction of sp³-hybridized carbons (Fsp3) is 0.368. The minimum absolute atomic E-state index is 0.00199. The molecule has 7 heteroatoms. The topological polar surface area (TPSA) is 87.6 Å². The third kappa shape index (κ3) is 3.19. The van der Waals surface area contributed by atoms with E-state index in [1.54, 1.807) is 0 Å². The molecule has 1 aliphatic carbocycles. The summed E-state index contributed by atoms with van der Waals surface area (Å²) in [6.45, 7) is 1.86. The Morgan fingerprint density at radius 3 is 2.65 bits per heavy atom. The standard InChI is InChI=1S/C19H21N3O3S/c1-12(21-22-19(23)20-15-9-10-26(24,25)11-15)16-8-7-14-6-5-13-3-2-4-17(16)18(13)14/h2-4,7-8,15H,5-6,9-11H2,1H3,(H2,20,22,23). The maximum Gasteiger partial charge on any atom is 0.335 e. The number of amides is 2. The van der Waals surface area contributed by atoms with Crippen molar-refractivity contribution in [2.24, 2.45) is 5.10 Å². The Bertz CT molecular complexity index is 1020. The quantitative estimate of drug-likeness (QED) is 0.640. The van der Waals surface area contributed by atoms with Gasteiger partial charge in [0.15, 0.2) is 9.84 Å². The van der Waals surface area contributed by atoms with E-state index in [9.17, 15) is 13.2 Å². The number of sulfone groups is 1. The predicted octanol–water partition coefficient (Wildman–Crippen LogP) is 2.15. The molecule has 2 N–H and O–H groups in total. The van der Waals surface area contributed by atoms with Crippen LogP contribution in [0.15, 0.2) is 35.4 Å². The molecule has 1 unspecified atom stereocenters. The molecule has 1 atom stereocenters. The molecule has 4 rings (SSSR count). The van der Waals surface area contributed by atoms with Crippen LogP contribution in [-0.2, 0) is 22.7 Å². The van der Waals surface area contributed by atoms with E-state index in [4.69, 9.17) is 0 Å². The number of nitrogens with zero attached hydrogens (tertiary/aromatic N) is 1. The highest BCUT2D eigenvalue weighted by atomic mass is 32.2. The van der Waals surface area contributed by atoms with Gasteiger partial charge in [0.2, 0.25) is 0 Å². The third-order valence-electron chi connectivity index (χ3n) is 5.16. The van der Waals surface area contributed by atoms with Crippen LogP contribution in [0.25, 0.3) is 10.8 Å². The van der Waals surface area contributed by atoms with Gasteiger partial charge < -0.3 is 5.32 Å². The molecule has 2 aromatic rings. The molecule has 0 saturated carbocycles. The van der Waals surface area contributed by atoms with Crippen LogP contribution in [0.4, 0.5) is 4.79 Å². The summed E-state index contributed by atoms with van der Waals surface area (Å²) in [4.78, 5) is 12.0. The van der Waals surface area contributed by atoms with E-state index >= 15 is 0 Å². The molecular weight excluding hydrogens is 350 g/mol. The lowest BCUT2D eigenvalue weighted by atomic mass is 9.98. The van der Waals surface area contributed by atoms with Gasteiger partial charge in [-0.05, 0) is 48.1 Å². The summed E-state index contributed by atoms with van der Waals surface area (Å²) in [5.74, 6) is 0.124. The number of benzene rings is 2. The van der Waals surface area contributed by atoms with E-state index < -0.39 is 15.9 Å². The molecule has 1 aliphatic heterocycles. The lowest BCUT2D eigenvalue weighted by molar-refractivity contribution is 0.238. The molecule has 2 aliphatic rings. The minimum Gasteiger partial charge on any atom is -0.333 e. The number of nitrogens with one attached hydrogen (secondary N) is 2. The number of rotatable bonds is 3. The van der Waals surface area contributed by atoms with Crippen LogP contribution < -0.4 is 10.7 Å². The minimum atomic E-state index is -3.02. The van der Waals surface area contributed by atoms with Crippen LogP contribution in [0.1, 0.15) is 30.0 Å². The first-order valence-corrected chi connectivity index (χ1v) is 10.6. The Morgan fingerprint density at radius 1 is 1.15 bits per heavy atom. The van der Waals surface area contributed by atoms with Gasteiger partial charge in [0, 0.05) is 11.6 Å². The van der Waals surface area contributed by atoms with E-state index in [0.717, 1.165) is 29.5 Å². The summed E-state index contributed by atoms with van der Waals surface area (Å²) in [5.41, 5.74) is 6.92. The molecule has 2 aromatic carbocycles. The second kappa shape index (κ2) is 6.39. The molecule has 1 fully saturated rings. The van der Waals surface area contributed by atoms with E-state index in [-0.39, 0.29) is 17.5 Å². The van der Waals surface area contributed by atoms with Gasteiger partial charge >= 0.3 is 6.03 Å². The highest BCUT2D eigenvalue weighted by molar-refractivity contribution is 7.91. The number of carbonyl (C=O) groups is 1. The van der Waals surface area contributed by atoms with Crippen molar-refractivity contribution in [3.8, 4) is 0 Å². The van der Waals surface area contributed by atoms with Crippen molar-refractivity contribution in [3.63, 3.8) is 0 Å². The molecule has 6 nitrogen and oxygen atoms in total. The van der Waals surface area contributed by atoms with Crippen molar-refractivity contribution < 1.29 is 13.2 Å². The van der Waals surface area contributed by atoms with E-state index in [1.807, 2.05) is 6.92 Å². The Balaban J connectivity index is 1.51. The van der Waals surface area contributed by atoms with Gasteiger partial charge in [-0.25, -0.2) is 18.6 Å². The summed E-state index contributed by atoms with van der Waals surface area (Å²) in [6.07, 6.45) is 2.59. The molecule has 0 spiro atoms. The van der Waals surface area contributed by atoms with Crippen molar-refractivity contribution in [1.29, 1.82) is 0 Å². The summed E-state index contributed by atoms with van der Waals surface area (Å²) in [7, 11) is -3.02. The Morgan fingerprint density at radius 2 is 1.92 bits per heavy atom. The van der Waals surface area contributed by atoms with Crippen LogP contribution in [0.5, 0.6) is 0 Å². The van der Waals surface area contributed by atoms with Crippen molar-refractivity contribution in [2.75, 3.05) is 11.5 Å². The fourth-order valence-corrected chi connectivity index (χ4v) is 5.56. The number of carbonyl (C=O) groups excluding carboxylic acids is 1. The molecule has 0 bridgehead atoms. The zero-order valence-corrected chi connectivity index (χ0v) is 15.4. The van der Waals surface area contributed by atoms with Gasteiger partial charge in [-0.2, -0.15) is 5.10 Å². The zero-order valence-electron chi connectivity index (χ0n) is 14.6. The third-order valence-corrected chi connectivity index (χ3v) is 6.93. The van der Waals surface area contributed by atoms with E-state index in [1.165, 1.54) is 16.5 Å². The Kier molecular flexibility index (Phi) is 4.19. The molecule has 1 saturated heterocycles.